The summed E-state index contributed by atoms with van der Waals surface area (Å²) in [5.74, 6) is 0.250. The van der Waals surface area contributed by atoms with E-state index >= 15 is 0 Å². The minimum Gasteiger partial charge on any atom is -0.350 e. The molecule has 0 saturated heterocycles. The number of halogens is 1. The first-order chi connectivity index (χ1) is 17.0. The summed E-state index contributed by atoms with van der Waals surface area (Å²) in [4.78, 5) is 26.7. The van der Waals surface area contributed by atoms with Gasteiger partial charge in [-0.15, -0.1) is 0 Å². The summed E-state index contributed by atoms with van der Waals surface area (Å²) in [6.45, 7) is 3.69. The van der Waals surface area contributed by atoms with Crippen molar-refractivity contribution in [2.45, 2.75) is 26.4 Å². The number of carbonyl (C=O) groups excluding carboxylic acids is 1. The first-order valence-electron chi connectivity index (χ1n) is 11.2. The van der Waals surface area contributed by atoms with Gasteiger partial charge in [0.2, 0.25) is 5.91 Å². The summed E-state index contributed by atoms with van der Waals surface area (Å²) < 4.78 is 4.80. The molecule has 1 amide bonds. The Balaban J connectivity index is 1.59. The Bertz CT molecular complexity index is 1570. The molecule has 5 rings (SSSR count). The largest absolute Gasteiger partial charge is 0.350 e. The van der Waals surface area contributed by atoms with Gasteiger partial charge in [-0.3, -0.25) is 9.59 Å². The number of para-hydroxylation sites is 1. The molecule has 1 atom stereocenters. The first kappa shape index (κ1) is 22.6. The fourth-order valence-corrected chi connectivity index (χ4v) is 4.24. The molecule has 0 aliphatic rings. The van der Waals surface area contributed by atoms with E-state index in [2.05, 4.69) is 10.4 Å². The van der Waals surface area contributed by atoms with Gasteiger partial charge >= 0.3 is 0 Å². The standard InChI is InChI=1S/C26H23ClN6O2/c1-17-23-22(25(31-14-8-9-15-31)33(30-23)20-11-4-3-5-12-20)26(35)32(29-17)18(2)24(34)28-16-19-10-6-7-13-21(19)27/h3-15,18H,16H2,1-2H3,(H,28,34). The number of rotatable bonds is 6. The Hall–Kier alpha value is -4.17. The van der Waals surface area contributed by atoms with Crippen molar-refractivity contribution in [3.8, 4) is 11.5 Å². The normalized spacial score (nSPS) is 12.1. The zero-order valence-corrected chi connectivity index (χ0v) is 20.0. The van der Waals surface area contributed by atoms with Crippen molar-refractivity contribution in [3.63, 3.8) is 0 Å². The SMILES string of the molecule is Cc1nn(C(C)C(=O)NCc2ccccc2Cl)c(=O)c2c(-n3cccc3)n(-c3ccccc3)nc12. The molecule has 0 aliphatic heterocycles. The zero-order chi connectivity index (χ0) is 24.5. The highest BCUT2D eigenvalue weighted by Crippen LogP contribution is 2.25. The van der Waals surface area contributed by atoms with Crippen molar-refractivity contribution in [2.75, 3.05) is 0 Å². The predicted molar refractivity (Wildman–Crippen MR) is 135 cm³/mol. The van der Waals surface area contributed by atoms with E-state index in [-0.39, 0.29) is 12.5 Å². The summed E-state index contributed by atoms with van der Waals surface area (Å²) in [6.07, 6.45) is 3.71. The molecule has 3 heterocycles. The van der Waals surface area contributed by atoms with E-state index in [1.807, 2.05) is 77.6 Å². The van der Waals surface area contributed by atoms with E-state index in [4.69, 9.17) is 16.7 Å². The number of aromatic nitrogens is 5. The van der Waals surface area contributed by atoms with Crippen molar-refractivity contribution in [2.24, 2.45) is 0 Å². The third-order valence-corrected chi connectivity index (χ3v) is 6.26. The van der Waals surface area contributed by atoms with Crippen LogP contribution >= 0.6 is 11.6 Å². The average molecular weight is 487 g/mol. The van der Waals surface area contributed by atoms with Gasteiger partial charge in [-0.2, -0.15) is 10.2 Å². The average Bonchev–Trinajstić information content (AvgIpc) is 3.54. The van der Waals surface area contributed by atoms with Gasteiger partial charge in [-0.05, 0) is 49.7 Å². The van der Waals surface area contributed by atoms with Crippen molar-refractivity contribution < 1.29 is 4.79 Å². The van der Waals surface area contributed by atoms with Crippen LogP contribution < -0.4 is 10.9 Å². The van der Waals surface area contributed by atoms with E-state index in [1.54, 1.807) is 24.6 Å². The topological polar surface area (TPSA) is 86.7 Å². The van der Waals surface area contributed by atoms with Crippen LogP contribution in [0, 0.1) is 6.92 Å². The highest BCUT2D eigenvalue weighted by Gasteiger charge is 2.25. The van der Waals surface area contributed by atoms with Crippen molar-refractivity contribution in [1.29, 1.82) is 0 Å². The summed E-state index contributed by atoms with van der Waals surface area (Å²) in [6, 6.07) is 19.8. The molecule has 5 aromatic rings. The monoisotopic (exact) mass is 486 g/mol. The van der Waals surface area contributed by atoms with E-state index < -0.39 is 11.6 Å². The maximum Gasteiger partial charge on any atom is 0.280 e. The summed E-state index contributed by atoms with van der Waals surface area (Å²) in [5.41, 5.74) is 2.25. The lowest BCUT2D eigenvalue weighted by Crippen LogP contribution is -2.37. The van der Waals surface area contributed by atoms with Gasteiger partial charge in [0, 0.05) is 24.0 Å². The summed E-state index contributed by atoms with van der Waals surface area (Å²) in [5, 5.41) is 13.0. The number of amides is 1. The summed E-state index contributed by atoms with van der Waals surface area (Å²) in [7, 11) is 0. The molecule has 3 aromatic heterocycles. The van der Waals surface area contributed by atoms with Crippen molar-refractivity contribution in [3.05, 3.63) is 106 Å². The van der Waals surface area contributed by atoms with Crippen LogP contribution in [0.3, 0.4) is 0 Å². The number of carbonyl (C=O) groups is 1. The smallest absolute Gasteiger partial charge is 0.280 e. The minimum atomic E-state index is -0.842. The second kappa shape index (κ2) is 9.23. The van der Waals surface area contributed by atoms with E-state index in [9.17, 15) is 9.59 Å². The first-order valence-corrected chi connectivity index (χ1v) is 11.6. The van der Waals surface area contributed by atoms with Gasteiger partial charge in [0.15, 0.2) is 5.82 Å². The van der Waals surface area contributed by atoms with E-state index in [1.165, 1.54) is 4.68 Å². The number of benzene rings is 2. The molecule has 2 aromatic carbocycles. The Morgan fingerprint density at radius 3 is 2.40 bits per heavy atom. The number of nitrogens with one attached hydrogen (secondary N) is 1. The Kier molecular flexibility index (Phi) is 5.96. The van der Waals surface area contributed by atoms with Crippen molar-refractivity contribution in [1.82, 2.24) is 29.4 Å². The van der Waals surface area contributed by atoms with Gasteiger partial charge in [-0.1, -0.05) is 48.0 Å². The lowest BCUT2D eigenvalue weighted by molar-refractivity contribution is -0.124. The van der Waals surface area contributed by atoms with Crippen LogP contribution in [0.4, 0.5) is 0 Å². The maximum absolute atomic E-state index is 13.7. The lowest BCUT2D eigenvalue weighted by atomic mass is 10.2. The zero-order valence-electron chi connectivity index (χ0n) is 19.2. The lowest BCUT2D eigenvalue weighted by Gasteiger charge is -2.15. The highest BCUT2D eigenvalue weighted by atomic mass is 35.5. The fourth-order valence-electron chi connectivity index (χ4n) is 4.04. The molecular formula is C26H23ClN6O2. The van der Waals surface area contributed by atoms with Gasteiger partial charge < -0.3 is 9.88 Å². The van der Waals surface area contributed by atoms with E-state index in [0.717, 1.165) is 11.3 Å². The number of hydrogen-bond donors (Lipinski definition) is 1. The minimum absolute atomic E-state index is 0.249. The van der Waals surface area contributed by atoms with Crippen LogP contribution in [-0.4, -0.2) is 30.0 Å². The Morgan fingerprint density at radius 1 is 1.00 bits per heavy atom. The molecule has 35 heavy (non-hydrogen) atoms. The number of hydrogen-bond acceptors (Lipinski definition) is 4. The number of fused-ring (bicyclic) bond motifs is 1. The highest BCUT2D eigenvalue weighted by molar-refractivity contribution is 6.31. The molecule has 0 spiro atoms. The molecule has 176 valence electrons. The van der Waals surface area contributed by atoms with Gasteiger partial charge in [0.05, 0.1) is 11.4 Å². The molecular weight excluding hydrogens is 464 g/mol. The fraction of sp³-hybridized carbons (Fsp3) is 0.154. The molecule has 8 nitrogen and oxygen atoms in total. The number of nitrogens with zero attached hydrogens (tertiary/aromatic N) is 5. The third-order valence-electron chi connectivity index (χ3n) is 5.89. The molecule has 1 unspecified atom stereocenters. The predicted octanol–water partition coefficient (Wildman–Crippen LogP) is 4.21. The quantitative estimate of drug-likeness (QED) is 0.389. The van der Waals surface area contributed by atoms with Crippen LogP contribution in [-0.2, 0) is 11.3 Å². The Morgan fingerprint density at radius 2 is 1.69 bits per heavy atom. The van der Waals surface area contributed by atoms with Crippen molar-refractivity contribution >= 4 is 28.4 Å². The van der Waals surface area contributed by atoms with Gasteiger partial charge in [-0.25, -0.2) is 9.36 Å². The molecule has 1 N–H and O–H groups in total. The molecule has 0 radical (unpaired) electrons. The molecule has 0 bridgehead atoms. The third kappa shape index (κ3) is 4.13. The van der Waals surface area contributed by atoms with Crippen LogP contribution in [0.15, 0.2) is 83.9 Å². The number of aryl methyl sites for hydroxylation is 1. The van der Waals surface area contributed by atoms with Crippen LogP contribution in [0.2, 0.25) is 5.02 Å². The van der Waals surface area contributed by atoms with Gasteiger partial charge in [0.1, 0.15) is 16.9 Å². The van der Waals surface area contributed by atoms with Crippen LogP contribution in [0.25, 0.3) is 22.4 Å². The molecule has 0 fully saturated rings. The summed E-state index contributed by atoms with van der Waals surface area (Å²) >= 11 is 6.20. The molecule has 0 saturated carbocycles. The maximum atomic E-state index is 13.7. The molecule has 9 heteroatoms. The Labute approximate surface area is 206 Å². The second-order valence-corrected chi connectivity index (χ2v) is 8.61. The molecule has 0 aliphatic carbocycles. The van der Waals surface area contributed by atoms with Crippen LogP contribution in [0.1, 0.15) is 24.2 Å². The second-order valence-electron chi connectivity index (χ2n) is 8.21. The van der Waals surface area contributed by atoms with Crippen LogP contribution in [0.5, 0.6) is 0 Å². The van der Waals surface area contributed by atoms with Gasteiger partial charge in [0.25, 0.3) is 5.56 Å². The van der Waals surface area contributed by atoms with E-state index in [0.29, 0.717) is 27.4 Å².